The van der Waals surface area contributed by atoms with E-state index in [9.17, 15) is 49.1 Å². The first-order valence-corrected chi connectivity index (χ1v) is 8.69. The Labute approximate surface area is 150 Å². The highest BCUT2D eigenvalue weighted by Gasteiger charge is 2.40. The maximum absolute atomic E-state index is 13.2. The van der Waals surface area contributed by atoms with Crippen molar-refractivity contribution in [2.24, 2.45) is 0 Å². The van der Waals surface area contributed by atoms with Crippen molar-refractivity contribution in [1.82, 2.24) is 0 Å². The van der Waals surface area contributed by atoms with Crippen LogP contribution in [-0.2, 0) is 4.57 Å². The Morgan fingerprint density at radius 1 is 0.593 bits per heavy atom. The largest absolute Gasteiger partial charge is 0.478 e. The van der Waals surface area contributed by atoms with Gasteiger partial charge in [0.25, 0.3) is 7.37 Å². The van der Waals surface area contributed by atoms with Crippen LogP contribution in [0.15, 0.2) is 36.4 Å². The average Bonchev–Trinajstić information content (AvgIpc) is 2.59. The summed E-state index contributed by atoms with van der Waals surface area (Å²) in [5, 5.41) is 35.0. The highest BCUT2D eigenvalue weighted by atomic mass is 31.2. The van der Waals surface area contributed by atoms with E-state index in [0.717, 1.165) is 36.4 Å². The van der Waals surface area contributed by atoms with E-state index in [4.69, 9.17) is 0 Å². The second kappa shape index (κ2) is 7.02. The summed E-state index contributed by atoms with van der Waals surface area (Å²) in [6.07, 6.45) is 0. The van der Waals surface area contributed by atoms with E-state index in [1.54, 1.807) is 0 Å². The molecule has 0 bridgehead atoms. The van der Waals surface area contributed by atoms with Crippen molar-refractivity contribution < 1.29 is 49.1 Å². The first kappa shape index (κ1) is 19.8. The maximum atomic E-state index is 13.2. The molecule has 0 amide bonds. The van der Waals surface area contributed by atoms with Gasteiger partial charge in [-0.2, -0.15) is 0 Å². The predicted molar refractivity (Wildman–Crippen MR) is 89.8 cm³/mol. The van der Waals surface area contributed by atoms with E-state index < -0.39 is 64.1 Å². The van der Waals surface area contributed by atoms with Crippen LogP contribution in [0, 0.1) is 0 Å². The fraction of sp³-hybridized carbons (Fsp3) is 0. The van der Waals surface area contributed by atoms with Gasteiger partial charge in [0.1, 0.15) is 0 Å². The van der Waals surface area contributed by atoms with E-state index in [1.165, 1.54) is 0 Å². The lowest BCUT2D eigenvalue weighted by Gasteiger charge is -2.20. The van der Waals surface area contributed by atoms with Crippen molar-refractivity contribution in [1.29, 1.82) is 0 Å². The van der Waals surface area contributed by atoms with Crippen LogP contribution in [0.5, 0.6) is 0 Å². The smallest absolute Gasteiger partial charge is 0.336 e. The van der Waals surface area contributed by atoms with Gasteiger partial charge in [-0.3, -0.25) is 4.57 Å². The van der Waals surface area contributed by atoms with Crippen molar-refractivity contribution in [3.05, 3.63) is 58.7 Å². The molecule has 0 unspecified atom stereocenters. The van der Waals surface area contributed by atoms with Crippen molar-refractivity contribution >= 4 is 41.9 Å². The van der Waals surface area contributed by atoms with Gasteiger partial charge in [0.05, 0.1) is 32.9 Å². The molecule has 140 valence electrons. The minimum atomic E-state index is -5.29. The van der Waals surface area contributed by atoms with E-state index in [0.29, 0.717) is 0 Å². The Morgan fingerprint density at radius 3 is 1.00 bits per heavy atom. The molecule has 0 spiro atoms. The molecular formula is C16H11O10P. The highest BCUT2D eigenvalue weighted by molar-refractivity contribution is 7.74. The van der Waals surface area contributed by atoms with Crippen LogP contribution < -0.4 is 10.6 Å². The summed E-state index contributed by atoms with van der Waals surface area (Å²) in [7, 11) is -5.29. The van der Waals surface area contributed by atoms with Crippen LogP contribution in [0.1, 0.15) is 41.4 Å². The highest BCUT2D eigenvalue weighted by Crippen LogP contribution is 2.43. The standard InChI is InChI=1S/C16H11O10P/c17-13(18)7-3-1-4-8(14(19)20)11(7)27(25,26)12-9(15(21)22)5-2-6-10(12)16(23)24/h1-6H,(H,17,18)(H,19,20)(H,21,22)(H,23,24)(H,25,26). The van der Waals surface area contributed by atoms with Crippen LogP contribution in [0.4, 0.5) is 0 Å². The summed E-state index contributed by atoms with van der Waals surface area (Å²) in [5.41, 5.74) is -3.45. The summed E-state index contributed by atoms with van der Waals surface area (Å²) in [5.74, 6) is -6.97. The molecule has 27 heavy (non-hydrogen) atoms. The Hall–Kier alpha value is -3.49. The van der Waals surface area contributed by atoms with Crippen molar-refractivity contribution in [2.45, 2.75) is 0 Å². The average molecular weight is 394 g/mol. The SMILES string of the molecule is O=C(O)c1cccc(C(=O)O)c1P(=O)(O)c1c(C(=O)O)cccc1C(=O)O. The van der Waals surface area contributed by atoms with E-state index in [-0.39, 0.29) is 0 Å². The number of benzene rings is 2. The molecule has 0 aromatic heterocycles. The van der Waals surface area contributed by atoms with Gasteiger partial charge in [-0.15, -0.1) is 0 Å². The summed E-state index contributed by atoms with van der Waals surface area (Å²) >= 11 is 0. The summed E-state index contributed by atoms with van der Waals surface area (Å²) in [6.45, 7) is 0. The number of rotatable bonds is 6. The maximum Gasteiger partial charge on any atom is 0.336 e. The molecule has 0 atom stereocenters. The third kappa shape index (κ3) is 3.43. The molecule has 0 radical (unpaired) electrons. The molecule has 0 saturated heterocycles. The summed E-state index contributed by atoms with van der Waals surface area (Å²) < 4.78 is 13.2. The van der Waals surface area contributed by atoms with Crippen LogP contribution in [0.25, 0.3) is 0 Å². The van der Waals surface area contributed by atoms with Gasteiger partial charge >= 0.3 is 23.9 Å². The molecule has 10 nitrogen and oxygen atoms in total. The number of hydrogen-bond donors (Lipinski definition) is 5. The lowest BCUT2D eigenvalue weighted by molar-refractivity contribution is 0.0680. The first-order chi connectivity index (χ1) is 12.5. The lowest BCUT2D eigenvalue weighted by Crippen LogP contribution is -2.32. The monoisotopic (exact) mass is 394 g/mol. The molecule has 2 aromatic carbocycles. The summed E-state index contributed by atoms with van der Waals surface area (Å²) in [4.78, 5) is 56.5. The Balaban J connectivity index is 3.04. The first-order valence-electron chi connectivity index (χ1n) is 7.03. The quantitative estimate of drug-likeness (QED) is 0.436. The zero-order valence-electron chi connectivity index (χ0n) is 13.2. The van der Waals surface area contributed by atoms with Crippen molar-refractivity contribution in [3.63, 3.8) is 0 Å². The Kier molecular flexibility index (Phi) is 5.16. The van der Waals surface area contributed by atoms with Gasteiger partial charge < -0.3 is 25.3 Å². The van der Waals surface area contributed by atoms with E-state index in [2.05, 4.69) is 0 Å². The zero-order chi connectivity index (χ0) is 20.5. The van der Waals surface area contributed by atoms with Crippen LogP contribution in [0.3, 0.4) is 0 Å². The predicted octanol–water partition coefficient (Wildman–Crippen LogP) is 0.701. The van der Waals surface area contributed by atoms with Gasteiger partial charge in [0.2, 0.25) is 0 Å². The minimum absolute atomic E-state index is 0.858. The number of carboxylic acids is 4. The van der Waals surface area contributed by atoms with Gasteiger partial charge in [-0.1, -0.05) is 12.1 Å². The number of carbonyl (C=O) groups is 4. The number of hydrogen-bond acceptors (Lipinski definition) is 5. The minimum Gasteiger partial charge on any atom is -0.478 e. The molecule has 0 fully saturated rings. The van der Waals surface area contributed by atoms with Gasteiger partial charge in [-0.05, 0) is 24.3 Å². The van der Waals surface area contributed by atoms with E-state index >= 15 is 0 Å². The van der Waals surface area contributed by atoms with E-state index in [1.807, 2.05) is 0 Å². The topological polar surface area (TPSA) is 186 Å². The molecule has 5 N–H and O–H groups in total. The Bertz CT molecular complexity index is 895. The summed E-state index contributed by atoms with van der Waals surface area (Å²) in [6, 6.07) is 5.48. The number of aromatic carboxylic acids is 4. The van der Waals surface area contributed by atoms with Crippen LogP contribution in [0.2, 0.25) is 0 Å². The molecule has 11 heteroatoms. The molecule has 2 aromatic rings. The Morgan fingerprint density at radius 2 is 0.815 bits per heavy atom. The van der Waals surface area contributed by atoms with Gasteiger partial charge in [-0.25, -0.2) is 19.2 Å². The fourth-order valence-electron chi connectivity index (χ4n) is 2.54. The fourth-order valence-corrected chi connectivity index (χ4v) is 4.75. The number of carboxylic acid groups (broad SMARTS) is 4. The molecule has 2 rings (SSSR count). The molecule has 0 aliphatic rings. The van der Waals surface area contributed by atoms with Crippen molar-refractivity contribution in [3.8, 4) is 0 Å². The third-order valence-corrected chi connectivity index (χ3v) is 5.78. The van der Waals surface area contributed by atoms with Gasteiger partial charge in [0.15, 0.2) is 0 Å². The van der Waals surface area contributed by atoms with Gasteiger partial charge in [0, 0.05) is 0 Å². The normalized spacial score (nSPS) is 11.0. The second-order valence-electron chi connectivity index (χ2n) is 5.20. The lowest BCUT2D eigenvalue weighted by atomic mass is 10.1. The zero-order valence-corrected chi connectivity index (χ0v) is 14.1. The molecule has 0 heterocycles. The third-order valence-electron chi connectivity index (χ3n) is 3.60. The van der Waals surface area contributed by atoms with Crippen LogP contribution in [-0.4, -0.2) is 49.2 Å². The second-order valence-corrected chi connectivity index (χ2v) is 7.25. The van der Waals surface area contributed by atoms with Crippen LogP contribution >= 0.6 is 7.37 Å². The molecule has 0 saturated carbocycles. The molecule has 0 aliphatic heterocycles. The van der Waals surface area contributed by atoms with Crippen molar-refractivity contribution in [2.75, 3.05) is 0 Å². The molecular weight excluding hydrogens is 383 g/mol. The molecule has 0 aliphatic carbocycles.